The second-order valence-corrected chi connectivity index (χ2v) is 3.48. The Labute approximate surface area is 76.7 Å². The molecule has 2 heterocycles. The molecule has 1 aromatic heterocycles. The fourth-order valence-corrected chi connectivity index (χ4v) is 1.18. The predicted molar refractivity (Wildman–Crippen MR) is 47.5 cm³/mol. The van der Waals surface area contributed by atoms with E-state index in [4.69, 9.17) is 4.74 Å². The first-order valence-corrected chi connectivity index (χ1v) is 4.24. The summed E-state index contributed by atoms with van der Waals surface area (Å²) < 4.78 is 5.24. The number of nitrogens with zero attached hydrogens (tertiary/aromatic N) is 1. The number of rotatable bonds is 2. The minimum Gasteiger partial charge on any atom is -0.363 e. The van der Waals surface area contributed by atoms with E-state index in [2.05, 4.69) is 4.98 Å². The van der Waals surface area contributed by atoms with Crippen LogP contribution < -0.4 is 0 Å². The summed E-state index contributed by atoms with van der Waals surface area (Å²) in [7, 11) is 0. The van der Waals surface area contributed by atoms with Gasteiger partial charge in [-0.05, 0) is 19.1 Å². The van der Waals surface area contributed by atoms with Crippen molar-refractivity contribution in [2.45, 2.75) is 19.4 Å². The molecule has 2 rings (SSSR count). The molecule has 1 saturated heterocycles. The van der Waals surface area contributed by atoms with Crippen molar-refractivity contribution in [2.24, 2.45) is 0 Å². The molecule has 0 aromatic carbocycles. The SMILES string of the molecule is CC(=O)c1cccc(C2(C)CO2)n1. The van der Waals surface area contributed by atoms with Gasteiger partial charge in [-0.3, -0.25) is 4.79 Å². The van der Waals surface area contributed by atoms with E-state index in [9.17, 15) is 4.79 Å². The Bertz CT molecular complexity index is 356. The van der Waals surface area contributed by atoms with E-state index in [0.29, 0.717) is 12.3 Å². The second kappa shape index (κ2) is 2.64. The minimum atomic E-state index is -0.245. The van der Waals surface area contributed by atoms with Crippen LogP contribution >= 0.6 is 0 Å². The van der Waals surface area contributed by atoms with Gasteiger partial charge < -0.3 is 4.74 Å². The molecule has 0 N–H and O–H groups in total. The highest BCUT2D eigenvalue weighted by atomic mass is 16.6. The molecular formula is C10H11NO2. The van der Waals surface area contributed by atoms with Crippen LogP contribution in [0.2, 0.25) is 0 Å². The Hall–Kier alpha value is -1.22. The lowest BCUT2D eigenvalue weighted by molar-refractivity contribution is 0.101. The van der Waals surface area contributed by atoms with Crippen molar-refractivity contribution in [1.82, 2.24) is 4.98 Å². The normalized spacial score (nSPS) is 25.7. The van der Waals surface area contributed by atoms with E-state index in [1.54, 1.807) is 6.07 Å². The van der Waals surface area contributed by atoms with Crippen molar-refractivity contribution in [1.29, 1.82) is 0 Å². The van der Waals surface area contributed by atoms with E-state index in [0.717, 1.165) is 5.69 Å². The van der Waals surface area contributed by atoms with Gasteiger partial charge in [-0.25, -0.2) is 4.98 Å². The fourth-order valence-electron chi connectivity index (χ4n) is 1.18. The Morgan fingerprint density at radius 2 is 2.31 bits per heavy atom. The molecule has 13 heavy (non-hydrogen) atoms. The van der Waals surface area contributed by atoms with Crippen molar-refractivity contribution in [3.05, 3.63) is 29.6 Å². The smallest absolute Gasteiger partial charge is 0.178 e. The highest BCUT2D eigenvalue weighted by Crippen LogP contribution is 2.36. The van der Waals surface area contributed by atoms with E-state index < -0.39 is 0 Å². The van der Waals surface area contributed by atoms with E-state index >= 15 is 0 Å². The van der Waals surface area contributed by atoms with Gasteiger partial charge in [0.05, 0.1) is 12.3 Å². The number of carbonyl (C=O) groups is 1. The van der Waals surface area contributed by atoms with Gasteiger partial charge in [-0.1, -0.05) is 6.07 Å². The summed E-state index contributed by atoms with van der Waals surface area (Å²) in [5.74, 6) is -0.00824. The lowest BCUT2D eigenvalue weighted by Crippen LogP contribution is -2.08. The highest BCUT2D eigenvalue weighted by Gasteiger charge is 2.42. The molecule has 0 spiro atoms. The van der Waals surface area contributed by atoms with Crippen LogP contribution in [0, 0.1) is 0 Å². The molecule has 1 aliphatic heterocycles. The summed E-state index contributed by atoms with van der Waals surface area (Å²) in [5, 5.41) is 0. The zero-order valence-electron chi connectivity index (χ0n) is 7.70. The monoisotopic (exact) mass is 177 g/mol. The summed E-state index contributed by atoms with van der Waals surface area (Å²) in [6.45, 7) is 4.18. The molecule has 3 nitrogen and oxygen atoms in total. The van der Waals surface area contributed by atoms with Crippen LogP contribution in [0.1, 0.15) is 30.0 Å². The van der Waals surface area contributed by atoms with Gasteiger partial charge in [0.15, 0.2) is 5.78 Å². The molecule has 3 heteroatoms. The maximum atomic E-state index is 11.0. The number of hydrogen-bond acceptors (Lipinski definition) is 3. The first-order valence-electron chi connectivity index (χ1n) is 4.24. The predicted octanol–water partition coefficient (Wildman–Crippen LogP) is 1.53. The van der Waals surface area contributed by atoms with Crippen molar-refractivity contribution >= 4 is 5.78 Å². The van der Waals surface area contributed by atoms with Crippen LogP contribution in [0.4, 0.5) is 0 Å². The van der Waals surface area contributed by atoms with Gasteiger partial charge in [0.2, 0.25) is 0 Å². The number of carbonyl (C=O) groups excluding carboxylic acids is 1. The molecule has 0 amide bonds. The number of ether oxygens (including phenoxy) is 1. The summed E-state index contributed by atoms with van der Waals surface area (Å²) in [6, 6.07) is 5.45. The van der Waals surface area contributed by atoms with Gasteiger partial charge >= 0.3 is 0 Å². The molecular weight excluding hydrogens is 166 g/mol. The molecule has 1 aliphatic rings. The number of pyridine rings is 1. The Balaban J connectivity index is 2.38. The number of Topliss-reactive ketones (excluding diaryl/α,β-unsaturated/α-hetero) is 1. The Morgan fingerprint density at radius 3 is 2.85 bits per heavy atom. The third kappa shape index (κ3) is 1.47. The van der Waals surface area contributed by atoms with Gasteiger partial charge in [0.1, 0.15) is 11.3 Å². The maximum Gasteiger partial charge on any atom is 0.178 e. The first kappa shape index (κ1) is 8.38. The average molecular weight is 177 g/mol. The first-order chi connectivity index (χ1) is 6.12. The van der Waals surface area contributed by atoms with Crippen molar-refractivity contribution < 1.29 is 9.53 Å². The summed E-state index contributed by atoms with van der Waals surface area (Å²) in [5.41, 5.74) is 1.11. The van der Waals surface area contributed by atoms with Gasteiger partial charge in [-0.15, -0.1) is 0 Å². The largest absolute Gasteiger partial charge is 0.363 e. The van der Waals surface area contributed by atoms with Crippen molar-refractivity contribution in [2.75, 3.05) is 6.61 Å². The molecule has 0 bridgehead atoms. The Morgan fingerprint density at radius 1 is 1.62 bits per heavy atom. The minimum absolute atomic E-state index is 0.00824. The van der Waals surface area contributed by atoms with Gasteiger partial charge in [0, 0.05) is 6.92 Å². The van der Waals surface area contributed by atoms with Crippen LogP contribution in [-0.4, -0.2) is 17.4 Å². The topological polar surface area (TPSA) is 42.5 Å². The average Bonchev–Trinajstić information content (AvgIpc) is 2.85. The van der Waals surface area contributed by atoms with Crippen molar-refractivity contribution in [3.8, 4) is 0 Å². The number of epoxide rings is 1. The highest BCUT2D eigenvalue weighted by molar-refractivity contribution is 5.92. The molecule has 1 aromatic rings. The lowest BCUT2D eigenvalue weighted by Gasteiger charge is -2.04. The summed E-state index contributed by atoms with van der Waals surface area (Å²) in [4.78, 5) is 15.3. The van der Waals surface area contributed by atoms with Crippen molar-refractivity contribution in [3.63, 3.8) is 0 Å². The molecule has 1 unspecified atom stereocenters. The maximum absolute atomic E-state index is 11.0. The molecule has 0 aliphatic carbocycles. The molecule has 1 fully saturated rings. The number of aromatic nitrogens is 1. The molecule has 1 atom stereocenters. The zero-order chi connectivity index (χ0) is 9.47. The number of ketones is 1. The van der Waals surface area contributed by atoms with Crippen LogP contribution in [0.25, 0.3) is 0 Å². The third-order valence-electron chi connectivity index (χ3n) is 2.23. The molecule has 68 valence electrons. The fraction of sp³-hybridized carbons (Fsp3) is 0.400. The third-order valence-corrected chi connectivity index (χ3v) is 2.23. The van der Waals surface area contributed by atoms with Crippen LogP contribution in [0.3, 0.4) is 0 Å². The summed E-state index contributed by atoms with van der Waals surface area (Å²) in [6.07, 6.45) is 0. The van der Waals surface area contributed by atoms with E-state index in [1.807, 2.05) is 19.1 Å². The van der Waals surface area contributed by atoms with Gasteiger partial charge in [-0.2, -0.15) is 0 Å². The van der Waals surface area contributed by atoms with E-state index in [1.165, 1.54) is 6.92 Å². The molecule has 0 saturated carbocycles. The van der Waals surface area contributed by atoms with Crippen LogP contribution in [0.15, 0.2) is 18.2 Å². The molecule has 0 radical (unpaired) electrons. The zero-order valence-corrected chi connectivity index (χ0v) is 7.70. The standard InChI is InChI=1S/C10H11NO2/c1-7(12)8-4-3-5-9(11-8)10(2)6-13-10/h3-5H,6H2,1-2H3. The second-order valence-electron chi connectivity index (χ2n) is 3.48. The number of hydrogen-bond donors (Lipinski definition) is 0. The van der Waals surface area contributed by atoms with Crippen LogP contribution in [-0.2, 0) is 10.3 Å². The van der Waals surface area contributed by atoms with Gasteiger partial charge in [0.25, 0.3) is 0 Å². The Kier molecular flexibility index (Phi) is 1.70. The lowest BCUT2D eigenvalue weighted by atomic mass is 10.1. The van der Waals surface area contributed by atoms with E-state index in [-0.39, 0.29) is 11.4 Å². The summed E-state index contributed by atoms with van der Waals surface area (Å²) >= 11 is 0. The van der Waals surface area contributed by atoms with Crippen LogP contribution in [0.5, 0.6) is 0 Å². The quantitative estimate of drug-likeness (QED) is 0.508.